The molecule has 0 bridgehead atoms. The summed E-state index contributed by atoms with van der Waals surface area (Å²) in [4.78, 5) is 25.3. The highest BCUT2D eigenvalue weighted by Crippen LogP contribution is 2.27. The molecule has 2 fully saturated rings. The van der Waals surface area contributed by atoms with Gasteiger partial charge in [-0.15, -0.1) is 0 Å². The summed E-state index contributed by atoms with van der Waals surface area (Å²) in [6, 6.07) is -0.0384. The van der Waals surface area contributed by atoms with Crippen LogP contribution >= 0.6 is 0 Å². The molecule has 5 heteroatoms. The first kappa shape index (κ1) is 15.3. The third kappa shape index (κ3) is 3.51. The molecule has 0 aromatic heterocycles. The molecular weight excluding hydrogens is 256 g/mol. The molecule has 0 radical (unpaired) electrons. The Bertz CT molecular complexity index is 372. The number of carboxylic acids is 1. The Kier molecular flexibility index (Phi) is 5.02. The van der Waals surface area contributed by atoms with E-state index >= 15 is 0 Å². The second kappa shape index (κ2) is 6.57. The van der Waals surface area contributed by atoms with E-state index in [9.17, 15) is 9.59 Å². The van der Waals surface area contributed by atoms with Crippen LogP contribution in [0.3, 0.4) is 0 Å². The molecule has 2 aliphatic rings. The predicted molar refractivity (Wildman–Crippen MR) is 76.3 cm³/mol. The average Bonchev–Trinajstić information content (AvgIpc) is 2.83. The van der Waals surface area contributed by atoms with Crippen LogP contribution < -0.4 is 5.32 Å². The van der Waals surface area contributed by atoms with Crippen molar-refractivity contribution in [2.45, 2.75) is 45.6 Å². The smallest absolute Gasteiger partial charge is 0.303 e. The van der Waals surface area contributed by atoms with E-state index in [1.54, 1.807) is 0 Å². The second-order valence-electron chi connectivity index (χ2n) is 6.46. The molecule has 2 saturated heterocycles. The third-order valence-corrected chi connectivity index (χ3v) is 4.87. The van der Waals surface area contributed by atoms with Gasteiger partial charge in [0, 0.05) is 19.5 Å². The summed E-state index contributed by atoms with van der Waals surface area (Å²) >= 11 is 0. The van der Waals surface area contributed by atoms with Crippen molar-refractivity contribution in [3.05, 3.63) is 0 Å². The molecule has 0 spiro atoms. The second-order valence-corrected chi connectivity index (χ2v) is 6.46. The summed E-state index contributed by atoms with van der Waals surface area (Å²) < 4.78 is 0. The average molecular weight is 282 g/mol. The number of carboxylic acid groups (broad SMARTS) is 1. The normalized spacial score (nSPS) is 32.1. The van der Waals surface area contributed by atoms with Crippen LogP contribution in [0.5, 0.6) is 0 Å². The number of carbonyl (C=O) groups is 2. The lowest BCUT2D eigenvalue weighted by Gasteiger charge is -2.37. The van der Waals surface area contributed by atoms with E-state index in [1.807, 2.05) is 11.8 Å². The number of amides is 1. The fourth-order valence-corrected chi connectivity index (χ4v) is 3.48. The zero-order valence-corrected chi connectivity index (χ0v) is 12.5. The lowest BCUT2D eigenvalue weighted by molar-refractivity contribution is -0.139. The summed E-state index contributed by atoms with van der Waals surface area (Å²) in [6.07, 6.45) is 3.28. The minimum Gasteiger partial charge on any atom is -0.481 e. The van der Waals surface area contributed by atoms with Gasteiger partial charge in [0.2, 0.25) is 5.91 Å². The number of aliphatic carboxylic acids is 1. The molecule has 5 nitrogen and oxygen atoms in total. The maximum atomic E-state index is 12.5. The minimum atomic E-state index is -0.743. The van der Waals surface area contributed by atoms with Crippen LogP contribution in [0.1, 0.15) is 39.5 Å². The summed E-state index contributed by atoms with van der Waals surface area (Å²) in [5, 5.41) is 12.2. The molecule has 0 saturated carbocycles. The van der Waals surface area contributed by atoms with Crippen LogP contribution in [0.4, 0.5) is 0 Å². The first-order valence-electron chi connectivity index (χ1n) is 7.73. The number of piperidine rings is 1. The van der Waals surface area contributed by atoms with Crippen LogP contribution in [0.15, 0.2) is 0 Å². The van der Waals surface area contributed by atoms with Gasteiger partial charge in [-0.2, -0.15) is 0 Å². The molecule has 0 aliphatic carbocycles. The van der Waals surface area contributed by atoms with E-state index in [4.69, 9.17) is 5.11 Å². The quantitative estimate of drug-likeness (QED) is 0.816. The van der Waals surface area contributed by atoms with E-state index in [0.29, 0.717) is 11.8 Å². The third-order valence-electron chi connectivity index (χ3n) is 4.87. The SMILES string of the molecule is CC(CC(=O)O)C1CCCN(C(=O)C2NCCC2C)C1. The molecule has 4 atom stereocenters. The van der Waals surface area contributed by atoms with E-state index in [-0.39, 0.29) is 24.3 Å². The molecule has 2 rings (SSSR count). The molecule has 0 aromatic rings. The first-order chi connectivity index (χ1) is 9.49. The molecule has 2 N–H and O–H groups in total. The highest BCUT2D eigenvalue weighted by Gasteiger charge is 2.35. The van der Waals surface area contributed by atoms with Crippen molar-refractivity contribution in [3.63, 3.8) is 0 Å². The van der Waals surface area contributed by atoms with Crippen LogP contribution in [0, 0.1) is 17.8 Å². The van der Waals surface area contributed by atoms with Crippen molar-refractivity contribution in [3.8, 4) is 0 Å². The van der Waals surface area contributed by atoms with Gasteiger partial charge in [-0.1, -0.05) is 13.8 Å². The fraction of sp³-hybridized carbons (Fsp3) is 0.867. The van der Waals surface area contributed by atoms with Crippen LogP contribution in [0.25, 0.3) is 0 Å². The summed E-state index contributed by atoms with van der Waals surface area (Å²) in [6.45, 7) is 6.57. The Morgan fingerprint density at radius 3 is 2.75 bits per heavy atom. The lowest BCUT2D eigenvalue weighted by atomic mass is 9.84. The van der Waals surface area contributed by atoms with Gasteiger partial charge in [-0.3, -0.25) is 9.59 Å². The van der Waals surface area contributed by atoms with Gasteiger partial charge in [0.05, 0.1) is 6.04 Å². The van der Waals surface area contributed by atoms with Gasteiger partial charge in [0.15, 0.2) is 0 Å². The topological polar surface area (TPSA) is 69.6 Å². The monoisotopic (exact) mass is 282 g/mol. The van der Waals surface area contributed by atoms with Crippen LogP contribution in [0.2, 0.25) is 0 Å². The Balaban J connectivity index is 1.92. The van der Waals surface area contributed by atoms with Crippen LogP contribution in [-0.4, -0.2) is 47.6 Å². The number of hydrogen-bond acceptors (Lipinski definition) is 3. The van der Waals surface area contributed by atoms with Crippen molar-refractivity contribution in [1.29, 1.82) is 0 Å². The minimum absolute atomic E-state index is 0.0384. The zero-order valence-electron chi connectivity index (χ0n) is 12.5. The fourth-order valence-electron chi connectivity index (χ4n) is 3.48. The van der Waals surface area contributed by atoms with Gasteiger partial charge in [-0.05, 0) is 43.6 Å². The highest BCUT2D eigenvalue weighted by atomic mass is 16.4. The van der Waals surface area contributed by atoms with Gasteiger partial charge >= 0.3 is 5.97 Å². The van der Waals surface area contributed by atoms with Gasteiger partial charge in [-0.25, -0.2) is 0 Å². The summed E-state index contributed by atoms with van der Waals surface area (Å²) in [5.74, 6) is 0.325. The Hall–Kier alpha value is -1.10. The van der Waals surface area contributed by atoms with Gasteiger partial charge < -0.3 is 15.3 Å². The Morgan fingerprint density at radius 2 is 2.15 bits per heavy atom. The number of nitrogens with zero attached hydrogens (tertiary/aromatic N) is 1. The van der Waals surface area contributed by atoms with Crippen molar-refractivity contribution < 1.29 is 14.7 Å². The largest absolute Gasteiger partial charge is 0.481 e. The summed E-state index contributed by atoms with van der Waals surface area (Å²) in [5.41, 5.74) is 0. The van der Waals surface area contributed by atoms with E-state index in [0.717, 1.165) is 38.9 Å². The Labute approximate surface area is 120 Å². The highest BCUT2D eigenvalue weighted by molar-refractivity contribution is 5.82. The van der Waals surface area contributed by atoms with Crippen molar-refractivity contribution in [2.24, 2.45) is 17.8 Å². The molecule has 2 heterocycles. The number of likely N-dealkylation sites (tertiary alicyclic amines) is 1. The molecule has 4 unspecified atom stereocenters. The predicted octanol–water partition coefficient (Wildman–Crippen LogP) is 1.33. The van der Waals surface area contributed by atoms with E-state index in [1.165, 1.54) is 0 Å². The van der Waals surface area contributed by atoms with E-state index in [2.05, 4.69) is 12.2 Å². The summed E-state index contributed by atoms with van der Waals surface area (Å²) in [7, 11) is 0. The van der Waals surface area contributed by atoms with Crippen LogP contribution in [-0.2, 0) is 9.59 Å². The van der Waals surface area contributed by atoms with Gasteiger partial charge in [0.25, 0.3) is 0 Å². The lowest BCUT2D eigenvalue weighted by Crippen LogP contribution is -2.50. The van der Waals surface area contributed by atoms with Crippen molar-refractivity contribution in [2.75, 3.05) is 19.6 Å². The maximum absolute atomic E-state index is 12.5. The number of nitrogens with one attached hydrogen (secondary N) is 1. The molecular formula is C15H26N2O3. The number of rotatable bonds is 4. The number of carbonyl (C=O) groups excluding carboxylic acids is 1. The molecule has 114 valence electrons. The zero-order chi connectivity index (χ0) is 14.7. The molecule has 1 amide bonds. The standard InChI is InChI=1S/C15H26N2O3/c1-10-5-6-16-14(10)15(20)17-7-3-4-12(9-17)11(2)8-13(18)19/h10-12,14,16H,3-9H2,1-2H3,(H,18,19). The van der Waals surface area contributed by atoms with Crippen molar-refractivity contribution >= 4 is 11.9 Å². The molecule has 0 aromatic carbocycles. The van der Waals surface area contributed by atoms with E-state index < -0.39 is 5.97 Å². The Morgan fingerprint density at radius 1 is 1.40 bits per heavy atom. The maximum Gasteiger partial charge on any atom is 0.303 e. The first-order valence-corrected chi connectivity index (χ1v) is 7.73. The van der Waals surface area contributed by atoms with Crippen molar-refractivity contribution in [1.82, 2.24) is 10.2 Å². The van der Waals surface area contributed by atoms with Gasteiger partial charge in [0.1, 0.15) is 0 Å². The molecule has 20 heavy (non-hydrogen) atoms. The number of hydrogen-bond donors (Lipinski definition) is 2. The molecule has 2 aliphatic heterocycles.